The number of benzene rings is 2. The fourth-order valence-corrected chi connectivity index (χ4v) is 9.42. The summed E-state index contributed by atoms with van der Waals surface area (Å²) in [5, 5.41) is 2.91. The molecule has 7 nitrogen and oxygen atoms in total. The number of anilines is 1. The number of carbonyl (C=O) groups excluding carboxylic acids is 2. The predicted octanol–water partition coefficient (Wildman–Crippen LogP) is 5.51. The Labute approximate surface area is 222 Å². The van der Waals surface area contributed by atoms with Crippen molar-refractivity contribution in [3.63, 3.8) is 0 Å². The Balaban J connectivity index is 1.11. The maximum Gasteiger partial charge on any atom is 0.336 e. The van der Waals surface area contributed by atoms with E-state index in [1.165, 1.54) is 50.3 Å². The molecule has 4 bridgehead atoms. The van der Waals surface area contributed by atoms with Gasteiger partial charge >= 0.3 is 6.03 Å². The van der Waals surface area contributed by atoms with Crippen LogP contribution in [0.1, 0.15) is 60.9 Å². The molecule has 9 heteroatoms. The summed E-state index contributed by atoms with van der Waals surface area (Å²) in [6, 6.07) is 11.4. The fourth-order valence-electron chi connectivity index (χ4n) is 7.69. The summed E-state index contributed by atoms with van der Waals surface area (Å²) < 4.78 is 27.1. The average molecular weight is 540 g/mol. The van der Waals surface area contributed by atoms with E-state index in [-0.39, 0.29) is 28.1 Å². The molecule has 6 aliphatic rings. The average Bonchev–Trinajstić information content (AvgIpc) is 3.69. The van der Waals surface area contributed by atoms with Gasteiger partial charge in [0.1, 0.15) is 4.90 Å². The van der Waals surface area contributed by atoms with Gasteiger partial charge in [-0.2, -0.15) is 0 Å². The maximum absolute atomic E-state index is 13.8. The van der Waals surface area contributed by atoms with Gasteiger partial charge in [-0.1, -0.05) is 23.7 Å². The van der Waals surface area contributed by atoms with Gasteiger partial charge < -0.3 is 10.2 Å². The van der Waals surface area contributed by atoms with Crippen LogP contribution in [0.2, 0.25) is 5.02 Å². The minimum Gasteiger partial charge on any atom is -0.332 e. The molecule has 194 valence electrons. The summed E-state index contributed by atoms with van der Waals surface area (Å²) in [5.74, 6) is 3.10. The van der Waals surface area contributed by atoms with Crippen LogP contribution in [0.5, 0.6) is 0 Å². The van der Waals surface area contributed by atoms with Gasteiger partial charge in [-0.15, -0.1) is 0 Å². The minimum atomic E-state index is -4.06. The van der Waals surface area contributed by atoms with Crippen molar-refractivity contribution in [2.24, 2.45) is 23.7 Å². The molecule has 0 spiro atoms. The normalized spacial score (nSPS) is 31.1. The molecule has 2 aromatic rings. The van der Waals surface area contributed by atoms with Gasteiger partial charge in [0.25, 0.3) is 15.9 Å². The molecule has 37 heavy (non-hydrogen) atoms. The van der Waals surface area contributed by atoms with E-state index in [2.05, 4.69) is 10.2 Å². The number of nitrogens with one attached hydrogen (secondary N) is 1. The molecule has 0 saturated heterocycles. The summed E-state index contributed by atoms with van der Waals surface area (Å²) in [6.07, 6.45) is 8.64. The number of hydrogen-bond donors (Lipinski definition) is 1. The third-order valence-corrected chi connectivity index (χ3v) is 11.2. The number of rotatable bonds is 5. The van der Waals surface area contributed by atoms with Crippen molar-refractivity contribution in [2.75, 3.05) is 5.32 Å². The van der Waals surface area contributed by atoms with E-state index in [0.717, 1.165) is 29.0 Å². The molecule has 0 atom stereocenters. The van der Waals surface area contributed by atoms with Crippen LogP contribution in [0.15, 0.2) is 47.4 Å². The van der Waals surface area contributed by atoms with Crippen molar-refractivity contribution in [2.45, 2.75) is 68.5 Å². The summed E-state index contributed by atoms with van der Waals surface area (Å²) in [4.78, 5) is 28.7. The molecule has 2 aromatic carbocycles. The molecule has 3 amide bonds. The Morgan fingerprint density at radius 3 is 2.24 bits per heavy atom. The third-order valence-electron chi connectivity index (χ3n) is 9.18. The standard InChI is InChI=1S/C28H30ClN3O4S/c29-22-5-8-24-25(14-22)37(35,36)31(28(34)30-24)15-16-1-3-19(4-2-16)27(33)32(23-6-7-23)26-20-10-17-9-18(12-20)13-21(26)11-17/h1-5,8,14,17-18,20-21,23,26H,6-7,9-13,15H2,(H,30,34). The molecule has 0 radical (unpaired) electrons. The van der Waals surface area contributed by atoms with E-state index >= 15 is 0 Å². The molecular weight excluding hydrogens is 510 g/mol. The largest absolute Gasteiger partial charge is 0.336 e. The number of urea groups is 1. The summed E-state index contributed by atoms with van der Waals surface area (Å²) in [5.41, 5.74) is 1.48. The number of carbonyl (C=O) groups is 2. The number of sulfonamides is 1. The van der Waals surface area contributed by atoms with Crippen molar-refractivity contribution in [1.82, 2.24) is 9.21 Å². The zero-order chi connectivity index (χ0) is 25.5. The molecule has 1 aliphatic heterocycles. The van der Waals surface area contributed by atoms with Crippen LogP contribution >= 0.6 is 11.6 Å². The molecule has 1 N–H and O–H groups in total. The second-order valence-electron chi connectivity index (χ2n) is 11.6. The lowest BCUT2D eigenvalue weighted by Gasteiger charge is -2.57. The number of amides is 3. The van der Waals surface area contributed by atoms with Crippen molar-refractivity contribution in [3.05, 3.63) is 58.6 Å². The first kappa shape index (κ1) is 23.5. The Morgan fingerprint density at radius 1 is 0.973 bits per heavy atom. The summed E-state index contributed by atoms with van der Waals surface area (Å²) >= 11 is 6.01. The van der Waals surface area contributed by atoms with Crippen molar-refractivity contribution >= 4 is 39.2 Å². The first-order valence-corrected chi connectivity index (χ1v) is 15.1. The van der Waals surface area contributed by atoms with Gasteiger partial charge in [0.05, 0.1) is 12.2 Å². The zero-order valence-electron chi connectivity index (χ0n) is 20.5. The highest BCUT2D eigenvalue weighted by atomic mass is 35.5. The lowest BCUT2D eigenvalue weighted by molar-refractivity contribution is -0.0579. The van der Waals surface area contributed by atoms with Crippen LogP contribution in [-0.4, -0.2) is 41.6 Å². The maximum atomic E-state index is 13.8. The monoisotopic (exact) mass is 539 g/mol. The van der Waals surface area contributed by atoms with Gasteiger partial charge in [0, 0.05) is 22.7 Å². The van der Waals surface area contributed by atoms with E-state index in [1.807, 2.05) is 0 Å². The molecule has 5 fully saturated rings. The zero-order valence-corrected chi connectivity index (χ0v) is 22.0. The molecule has 1 heterocycles. The van der Waals surface area contributed by atoms with Crippen molar-refractivity contribution in [3.8, 4) is 0 Å². The van der Waals surface area contributed by atoms with Crippen LogP contribution in [0.4, 0.5) is 10.5 Å². The van der Waals surface area contributed by atoms with E-state index in [1.54, 1.807) is 24.3 Å². The Bertz CT molecular complexity index is 1360. The first-order valence-electron chi connectivity index (χ1n) is 13.3. The second-order valence-corrected chi connectivity index (χ2v) is 13.9. The van der Waals surface area contributed by atoms with E-state index in [0.29, 0.717) is 35.0 Å². The topological polar surface area (TPSA) is 86.8 Å². The number of halogens is 1. The SMILES string of the molecule is O=C(c1ccc(CN2C(=O)Nc3ccc(Cl)cc3S2(=O)=O)cc1)N(C1CC1)C1C2CC3CC(C2)CC1C3. The molecule has 8 rings (SSSR count). The van der Waals surface area contributed by atoms with Crippen molar-refractivity contribution in [1.29, 1.82) is 0 Å². The minimum absolute atomic E-state index is 0.0258. The van der Waals surface area contributed by atoms with E-state index < -0.39 is 16.1 Å². The fraction of sp³-hybridized carbons (Fsp3) is 0.500. The molecule has 0 aromatic heterocycles. The lowest BCUT2D eigenvalue weighted by Crippen LogP contribution is -2.58. The van der Waals surface area contributed by atoms with Crippen LogP contribution in [0.25, 0.3) is 0 Å². The quantitative estimate of drug-likeness (QED) is 0.543. The lowest BCUT2D eigenvalue weighted by atomic mass is 9.53. The first-order chi connectivity index (χ1) is 17.8. The number of nitrogens with zero attached hydrogens (tertiary/aromatic N) is 2. The van der Waals surface area contributed by atoms with Crippen molar-refractivity contribution < 1.29 is 18.0 Å². The van der Waals surface area contributed by atoms with Gasteiger partial charge in [0.2, 0.25) is 0 Å². The summed E-state index contributed by atoms with van der Waals surface area (Å²) in [6.45, 7) is -0.128. The molecular formula is C28H30ClN3O4S. The Morgan fingerprint density at radius 2 is 1.62 bits per heavy atom. The number of hydrogen-bond acceptors (Lipinski definition) is 4. The van der Waals surface area contributed by atoms with E-state index in [4.69, 9.17) is 11.6 Å². The van der Waals surface area contributed by atoms with Gasteiger partial charge in [-0.25, -0.2) is 17.5 Å². The van der Waals surface area contributed by atoms with E-state index in [9.17, 15) is 18.0 Å². The number of fused-ring (bicyclic) bond motifs is 1. The van der Waals surface area contributed by atoms with Crippen LogP contribution in [0, 0.1) is 23.7 Å². The summed E-state index contributed by atoms with van der Waals surface area (Å²) in [7, 11) is -4.06. The molecule has 5 aliphatic carbocycles. The van der Waals surface area contributed by atoms with Crippen LogP contribution < -0.4 is 5.32 Å². The van der Waals surface area contributed by atoms with Gasteiger partial charge in [-0.3, -0.25) is 4.79 Å². The third kappa shape index (κ3) is 3.95. The molecule has 0 unspecified atom stereocenters. The van der Waals surface area contributed by atoms with Gasteiger partial charge in [0.15, 0.2) is 0 Å². The highest BCUT2D eigenvalue weighted by molar-refractivity contribution is 7.90. The second kappa shape index (κ2) is 8.46. The Kier molecular flexibility index (Phi) is 5.38. The van der Waals surface area contributed by atoms with Gasteiger partial charge in [-0.05, 0) is 105 Å². The smallest absolute Gasteiger partial charge is 0.332 e. The Hall–Kier alpha value is -2.58. The highest BCUT2D eigenvalue weighted by Gasteiger charge is 2.53. The molecule has 5 saturated carbocycles. The van der Waals surface area contributed by atoms with Crippen LogP contribution in [0.3, 0.4) is 0 Å². The highest BCUT2D eigenvalue weighted by Crippen LogP contribution is 2.56. The van der Waals surface area contributed by atoms with Crippen LogP contribution in [-0.2, 0) is 16.6 Å². The predicted molar refractivity (Wildman–Crippen MR) is 140 cm³/mol.